The molecular weight excluding hydrogens is 170 g/mol. The summed E-state index contributed by atoms with van der Waals surface area (Å²) >= 11 is 0. The maximum atomic E-state index is 11.1. The van der Waals surface area contributed by atoms with Crippen LogP contribution in [0.4, 0.5) is 0 Å². The van der Waals surface area contributed by atoms with E-state index in [2.05, 4.69) is 5.32 Å². The minimum absolute atomic E-state index is 0.102. The van der Waals surface area contributed by atoms with Gasteiger partial charge in [-0.15, -0.1) is 0 Å². The van der Waals surface area contributed by atoms with Gasteiger partial charge in [0.15, 0.2) is 0 Å². The first kappa shape index (κ1) is 9.98. The van der Waals surface area contributed by atoms with Gasteiger partial charge >= 0.3 is 0 Å². The van der Waals surface area contributed by atoms with Crippen molar-refractivity contribution in [2.24, 2.45) is 11.5 Å². The Balaban J connectivity index is 2.68. The van der Waals surface area contributed by atoms with Gasteiger partial charge in [0, 0.05) is 0 Å². The molecule has 0 atom stereocenters. The van der Waals surface area contributed by atoms with Gasteiger partial charge in [-0.3, -0.25) is 9.59 Å². The first-order valence-corrected chi connectivity index (χ1v) is 4.42. The summed E-state index contributed by atoms with van der Waals surface area (Å²) in [5, 5.41) is 2.60. The molecule has 1 saturated carbocycles. The molecule has 1 rings (SSSR count). The largest absolute Gasteiger partial charge is 0.368 e. The van der Waals surface area contributed by atoms with Gasteiger partial charge in [-0.05, 0) is 12.8 Å². The monoisotopic (exact) mass is 185 g/mol. The van der Waals surface area contributed by atoms with Crippen molar-refractivity contribution in [1.29, 1.82) is 0 Å². The van der Waals surface area contributed by atoms with E-state index in [0.29, 0.717) is 12.8 Å². The third-order valence-corrected chi connectivity index (χ3v) is 2.49. The van der Waals surface area contributed by atoms with E-state index >= 15 is 0 Å². The summed E-state index contributed by atoms with van der Waals surface area (Å²) < 4.78 is 0. The van der Waals surface area contributed by atoms with Gasteiger partial charge in [-0.25, -0.2) is 0 Å². The lowest BCUT2D eigenvalue weighted by atomic mass is 9.97. The Morgan fingerprint density at radius 3 is 2.23 bits per heavy atom. The number of nitrogens with one attached hydrogen (secondary N) is 1. The van der Waals surface area contributed by atoms with Gasteiger partial charge in [-0.1, -0.05) is 12.8 Å². The maximum Gasteiger partial charge on any atom is 0.243 e. The van der Waals surface area contributed by atoms with Crippen LogP contribution in [0, 0.1) is 0 Å². The number of primary amides is 1. The zero-order chi connectivity index (χ0) is 9.90. The zero-order valence-corrected chi connectivity index (χ0v) is 7.51. The van der Waals surface area contributed by atoms with Gasteiger partial charge < -0.3 is 16.8 Å². The Bertz CT molecular complexity index is 221. The average molecular weight is 185 g/mol. The van der Waals surface area contributed by atoms with Crippen LogP contribution in [-0.4, -0.2) is 23.9 Å². The molecule has 13 heavy (non-hydrogen) atoms. The third-order valence-electron chi connectivity index (χ3n) is 2.49. The highest BCUT2D eigenvalue weighted by atomic mass is 16.2. The first-order chi connectivity index (χ1) is 6.10. The van der Waals surface area contributed by atoms with Crippen molar-refractivity contribution in [3.8, 4) is 0 Å². The van der Waals surface area contributed by atoms with E-state index in [1.807, 2.05) is 0 Å². The molecule has 0 bridgehead atoms. The van der Waals surface area contributed by atoms with E-state index < -0.39 is 11.4 Å². The number of nitrogens with two attached hydrogens (primary N) is 2. The molecule has 1 aliphatic rings. The zero-order valence-electron chi connectivity index (χ0n) is 7.51. The highest BCUT2D eigenvalue weighted by Crippen LogP contribution is 2.29. The molecule has 2 amide bonds. The summed E-state index contributed by atoms with van der Waals surface area (Å²) in [5.41, 5.74) is 9.56. The number of hydrogen-bond acceptors (Lipinski definition) is 3. The molecule has 1 aliphatic carbocycles. The summed E-state index contributed by atoms with van der Waals surface area (Å²) in [5.74, 6) is -0.771. The molecule has 0 aromatic heterocycles. The Hall–Kier alpha value is -1.10. The lowest BCUT2D eigenvalue weighted by Gasteiger charge is -2.26. The summed E-state index contributed by atoms with van der Waals surface area (Å²) in [4.78, 5) is 22.2. The Morgan fingerprint density at radius 2 is 1.85 bits per heavy atom. The number of carbonyl (C=O) groups excluding carboxylic acids is 2. The molecule has 0 aromatic carbocycles. The molecular formula is C8H15N3O2. The van der Waals surface area contributed by atoms with Crippen LogP contribution in [0.3, 0.4) is 0 Å². The van der Waals surface area contributed by atoms with Gasteiger partial charge in [0.2, 0.25) is 11.8 Å². The van der Waals surface area contributed by atoms with E-state index in [-0.39, 0.29) is 12.5 Å². The molecule has 5 nitrogen and oxygen atoms in total. The number of carbonyl (C=O) groups is 2. The Morgan fingerprint density at radius 1 is 1.31 bits per heavy atom. The Labute approximate surface area is 76.8 Å². The summed E-state index contributed by atoms with van der Waals surface area (Å²) in [7, 11) is 0. The van der Waals surface area contributed by atoms with Gasteiger partial charge in [0.05, 0.1) is 6.54 Å². The molecule has 5 N–H and O–H groups in total. The van der Waals surface area contributed by atoms with Crippen molar-refractivity contribution in [3.05, 3.63) is 0 Å². The summed E-state index contributed by atoms with van der Waals surface area (Å²) in [6.07, 6.45) is 3.11. The normalized spacial score (nSPS) is 19.8. The van der Waals surface area contributed by atoms with Crippen molar-refractivity contribution >= 4 is 11.8 Å². The minimum Gasteiger partial charge on any atom is -0.368 e. The standard InChI is InChI=1S/C8H15N3O2/c9-5-6(12)11-8(7(10)13)3-1-2-4-8/h1-5,9H2,(H2,10,13)(H,11,12). The first-order valence-electron chi connectivity index (χ1n) is 4.42. The van der Waals surface area contributed by atoms with E-state index in [9.17, 15) is 9.59 Å². The van der Waals surface area contributed by atoms with Crippen molar-refractivity contribution in [3.63, 3.8) is 0 Å². The second-order valence-corrected chi connectivity index (χ2v) is 3.41. The molecule has 0 heterocycles. The highest BCUT2D eigenvalue weighted by molar-refractivity contribution is 5.91. The van der Waals surface area contributed by atoms with Crippen molar-refractivity contribution < 1.29 is 9.59 Å². The minimum atomic E-state index is -0.823. The third kappa shape index (κ3) is 1.98. The van der Waals surface area contributed by atoms with Crippen molar-refractivity contribution in [1.82, 2.24) is 5.32 Å². The van der Waals surface area contributed by atoms with Crippen LogP contribution in [0.15, 0.2) is 0 Å². The molecule has 0 spiro atoms. The molecule has 1 fully saturated rings. The smallest absolute Gasteiger partial charge is 0.243 e. The van der Waals surface area contributed by atoms with Crippen LogP contribution >= 0.6 is 0 Å². The van der Waals surface area contributed by atoms with E-state index in [4.69, 9.17) is 11.5 Å². The summed E-state index contributed by atoms with van der Waals surface area (Å²) in [6, 6.07) is 0. The Kier molecular flexibility index (Phi) is 2.87. The lowest BCUT2D eigenvalue weighted by Crippen LogP contribution is -2.56. The number of amides is 2. The number of rotatable bonds is 3. The van der Waals surface area contributed by atoms with Crippen molar-refractivity contribution in [2.75, 3.05) is 6.54 Å². The molecule has 0 aromatic rings. The quantitative estimate of drug-likeness (QED) is 0.518. The van der Waals surface area contributed by atoms with E-state index in [1.54, 1.807) is 0 Å². The van der Waals surface area contributed by atoms with Crippen LogP contribution in [-0.2, 0) is 9.59 Å². The topological polar surface area (TPSA) is 98.2 Å². The van der Waals surface area contributed by atoms with E-state index in [1.165, 1.54) is 0 Å². The van der Waals surface area contributed by atoms with Gasteiger partial charge in [0.1, 0.15) is 5.54 Å². The fourth-order valence-electron chi connectivity index (χ4n) is 1.73. The van der Waals surface area contributed by atoms with E-state index in [0.717, 1.165) is 12.8 Å². The molecule has 0 radical (unpaired) electrons. The SMILES string of the molecule is NCC(=O)NC1(C(N)=O)CCCC1. The van der Waals surface area contributed by atoms with Crippen LogP contribution in [0.2, 0.25) is 0 Å². The average Bonchev–Trinajstić information content (AvgIpc) is 2.54. The maximum absolute atomic E-state index is 11.1. The van der Waals surface area contributed by atoms with Crippen LogP contribution in [0.5, 0.6) is 0 Å². The fourth-order valence-corrected chi connectivity index (χ4v) is 1.73. The van der Waals surface area contributed by atoms with Gasteiger partial charge in [-0.2, -0.15) is 0 Å². The molecule has 74 valence electrons. The molecule has 0 unspecified atom stereocenters. The second kappa shape index (κ2) is 3.74. The number of hydrogen-bond donors (Lipinski definition) is 3. The van der Waals surface area contributed by atoms with Crippen molar-refractivity contribution in [2.45, 2.75) is 31.2 Å². The van der Waals surface area contributed by atoms with Crippen LogP contribution in [0.25, 0.3) is 0 Å². The molecule has 0 aliphatic heterocycles. The predicted octanol–water partition coefficient (Wildman–Crippen LogP) is -1.14. The predicted molar refractivity (Wildman–Crippen MR) is 47.6 cm³/mol. The highest BCUT2D eigenvalue weighted by Gasteiger charge is 2.40. The van der Waals surface area contributed by atoms with Crippen LogP contribution in [0.1, 0.15) is 25.7 Å². The fraction of sp³-hybridized carbons (Fsp3) is 0.750. The summed E-state index contributed by atoms with van der Waals surface area (Å²) in [6.45, 7) is -0.102. The molecule has 5 heteroatoms. The second-order valence-electron chi connectivity index (χ2n) is 3.41. The van der Waals surface area contributed by atoms with Crippen LogP contribution < -0.4 is 16.8 Å². The lowest BCUT2D eigenvalue weighted by molar-refractivity contribution is -0.130. The van der Waals surface area contributed by atoms with Gasteiger partial charge in [0.25, 0.3) is 0 Å². The molecule has 0 saturated heterocycles.